The number of rotatable bonds is 3. The number of anilines is 1. The molecular weight excluding hydrogens is 411 g/mol. The van der Waals surface area contributed by atoms with Gasteiger partial charge in [0.2, 0.25) is 5.91 Å². The first-order chi connectivity index (χ1) is 10.9. The van der Waals surface area contributed by atoms with Gasteiger partial charge in [-0.3, -0.25) is 9.59 Å². The maximum absolute atomic E-state index is 12.4. The Morgan fingerprint density at radius 3 is 2.91 bits per heavy atom. The Labute approximate surface area is 145 Å². The zero-order valence-electron chi connectivity index (χ0n) is 12.5. The number of fused-ring (bicyclic) bond motifs is 1. The van der Waals surface area contributed by atoms with E-state index < -0.39 is 0 Å². The Morgan fingerprint density at radius 2 is 2.17 bits per heavy atom. The molecule has 0 saturated heterocycles. The van der Waals surface area contributed by atoms with Gasteiger partial charge >= 0.3 is 0 Å². The Kier molecular flexibility index (Phi) is 4.16. The number of likely N-dealkylation sites (N-methyl/N-ethyl adjacent to an activating group) is 1. The number of benzene rings is 1. The molecule has 7 nitrogen and oxygen atoms in total. The Balaban J connectivity index is 1.84. The van der Waals surface area contributed by atoms with Crippen LogP contribution in [0.2, 0.25) is 0 Å². The van der Waals surface area contributed by atoms with Crippen molar-refractivity contribution in [3.63, 3.8) is 0 Å². The van der Waals surface area contributed by atoms with Crippen molar-refractivity contribution in [3.05, 3.63) is 50.3 Å². The molecule has 0 spiro atoms. The first kappa shape index (κ1) is 15.7. The highest BCUT2D eigenvalue weighted by Crippen LogP contribution is 2.22. The van der Waals surface area contributed by atoms with Crippen molar-refractivity contribution in [2.45, 2.75) is 13.5 Å². The lowest BCUT2D eigenvalue weighted by Gasteiger charge is -2.17. The van der Waals surface area contributed by atoms with Crippen LogP contribution in [-0.4, -0.2) is 27.7 Å². The zero-order valence-corrected chi connectivity index (χ0v) is 14.6. The van der Waals surface area contributed by atoms with Gasteiger partial charge in [-0.2, -0.15) is 5.10 Å². The number of carbonyl (C=O) groups excluding carboxylic acids is 1. The highest BCUT2D eigenvalue weighted by molar-refractivity contribution is 14.1. The van der Waals surface area contributed by atoms with Crippen LogP contribution in [0.25, 0.3) is 11.1 Å². The van der Waals surface area contributed by atoms with E-state index in [1.165, 1.54) is 11.0 Å². The third kappa shape index (κ3) is 3.26. The molecule has 0 saturated carbocycles. The summed E-state index contributed by atoms with van der Waals surface area (Å²) in [5, 5.41) is 3.97. The van der Waals surface area contributed by atoms with E-state index in [1.807, 2.05) is 22.6 Å². The number of oxazole rings is 1. The van der Waals surface area contributed by atoms with Crippen LogP contribution < -0.4 is 10.5 Å². The van der Waals surface area contributed by atoms with E-state index in [4.69, 9.17) is 4.42 Å². The van der Waals surface area contributed by atoms with Crippen molar-refractivity contribution in [2.24, 2.45) is 0 Å². The lowest BCUT2D eigenvalue weighted by molar-refractivity contribution is -0.119. The minimum absolute atomic E-state index is 0.125. The van der Waals surface area contributed by atoms with Crippen LogP contribution in [-0.2, 0) is 11.3 Å². The van der Waals surface area contributed by atoms with Crippen molar-refractivity contribution in [1.82, 2.24) is 14.8 Å². The first-order valence-corrected chi connectivity index (χ1v) is 7.88. The molecular formula is C15H13IN4O3. The summed E-state index contributed by atoms with van der Waals surface area (Å²) in [5.74, 6) is 0.317. The number of halogens is 1. The number of carbonyl (C=O) groups is 1. The molecule has 0 fully saturated rings. The molecule has 2 heterocycles. The van der Waals surface area contributed by atoms with E-state index in [9.17, 15) is 9.59 Å². The van der Waals surface area contributed by atoms with Gasteiger partial charge in [-0.05, 0) is 34.7 Å². The molecule has 2 aromatic heterocycles. The molecule has 0 atom stereocenters. The van der Waals surface area contributed by atoms with Crippen molar-refractivity contribution in [3.8, 4) is 0 Å². The fourth-order valence-electron chi connectivity index (χ4n) is 2.15. The third-order valence-electron chi connectivity index (χ3n) is 3.36. The SMILES string of the molecule is Cc1nc2ccc(N(C)C(=O)Cn3ncc(I)cc3=O)cc2o1. The molecule has 3 rings (SSSR count). The fourth-order valence-corrected chi connectivity index (χ4v) is 2.54. The average Bonchev–Trinajstić information content (AvgIpc) is 2.88. The summed E-state index contributed by atoms with van der Waals surface area (Å²) in [7, 11) is 1.64. The van der Waals surface area contributed by atoms with E-state index >= 15 is 0 Å². The number of hydrogen-bond donors (Lipinski definition) is 0. The van der Waals surface area contributed by atoms with Crippen molar-refractivity contribution in [2.75, 3.05) is 11.9 Å². The lowest BCUT2D eigenvalue weighted by atomic mass is 10.2. The summed E-state index contributed by atoms with van der Waals surface area (Å²) in [6.45, 7) is 1.64. The molecule has 3 aromatic rings. The van der Waals surface area contributed by atoms with Gasteiger partial charge in [0, 0.05) is 35.4 Å². The lowest BCUT2D eigenvalue weighted by Crippen LogP contribution is -2.34. The predicted octanol–water partition coefficient (Wildman–Crippen LogP) is 1.96. The summed E-state index contributed by atoms with van der Waals surface area (Å²) in [6, 6.07) is 6.76. The molecule has 0 aliphatic heterocycles. The molecule has 0 N–H and O–H groups in total. The highest BCUT2D eigenvalue weighted by Gasteiger charge is 2.14. The van der Waals surface area contributed by atoms with Crippen LogP contribution in [0.15, 0.2) is 39.7 Å². The zero-order chi connectivity index (χ0) is 16.6. The molecule has 0 aliphatic rings. The largest absolute Gasteiger partial charge is 0.441 e. The smallest absolute Gasteiger partial charge is 0.268 e. The number of aryl methyl sites for hydroxylation is 1. The summed E-state index contributed by atoms with van der Waals surface area (Å²) >= 11 is 2.00. The predicted molar refractivity (Wildman–Crippen MR) is 93.4 cm³/mol. The normalized spacial score (nSPS) is 10.9. The van der Waals surface area contributed by atoms with Gasteiger partial charge in [-0.1, -0.05) is 0 Å². The quantitative estimate of drug-likeness (QED) is 0.601. The van der Waals surface area contributed by atoms with Crippen LogP contribution in [0.1, 0.15) is 5.89 Å². The van der Waals surface area contributed by atoms with Crippen molar-refractivity contribution in [1.29, 1.82) is 0 Å². The number of amides is 1. The van der Waals surface area contributed by atoms with Crippen LogP contribution in [0.5, 0.6) is 0 Å². The summed E-state index contributed by atoms with van der Waals surface area (Å²) in [5.41, 5.74) is 1.71. The van der Waals surface area contributed by atoms with Gasteiger partial charge in [0.25, 0.3) is 5.56 Å². The number of aromatic nitrogens is 3. The van der Waals surface area contributed by atoms with E-state index in [2.05, 4.69) is 10.1 Å². The van der Waals surface area contributed by atoms with Crippen LogP contribution >= 0.6 is 22.6 Å². The van der Waals surface area contributed by atoms with Crippen LogP contribution in [0.3, 0.4) is 0 Å². The second kappa shape index (κ2) is 6.11. The molecule has 118 valence electrons. The van der Waals surface area contributed by atoms with Crippen molar-refractivity contribution >= 4 is 45.3 Å². The third-order valence-corrected chi connectivity index (χ3v) is 3.95. The van der Waals surface area contributed by atoms with E-state index in [0.717, 1.165) is 13.8 Å². The second-order valence-corrected chi connectivity index (χ2v) is 6.25. The molecule has 0 aliphatic carbocycles. The topological polar surface area (TPSA) is 81.2 Å². The Bertz CT molecular complexity index is 947. The maximum Gasteiger partial charge on any atom is 0.268 e. The van der Waals surface area contributed by atoms with Gasteiger partial charge in [0.05, 0.1) is 6.20 Å². The molecule has 1 amide bonds. The summed E-state index contributed by atoms with van der Waals surface area (Å²) < 4.78 is 7.34. The fraction of sp³-hybridized carbons (Fsp3) is 0.200. The molecule has 23 heavy (non-hydrogen) atoms. The molecule has 0 radical (unpaired) electrons. The Morgan fingerprint density at radius 1 is 1.39 bits per heavy atom. The maximum atomic E-state index is 12.4. The summed E-state index contributed by atoms with van der Waals surface area (Å²) in [4.78, 5) is 29.9. The molecule has 8 heteroatoms. The molecule has 0 bridgehead atoms. The monoisotopic (exact) mass is 424 g/mol. The van der Waals surface area contributed by atoms with Crippen molar-refractivity contribution < 1.29 is 9.21 Å². The highest BCUT2D eigenvalue weighted by atomic mass is 127. The van der Waals surface area contributed by atoms with Crippen LogP contribution in [0.4, 0.5) is 5.69 Å². The minimum Gasteiger partial charge on any atom is -0.441 e. The number of hydrogen-bond acceptors (Lipinski definition) is 5. The second-order valence-electron chi connectivity index (χ2n) is 5.01. The minimum atomic E-state index is -0.306. The van der Waals surface area contributed by atoms with Gasteiger partial charge in [0.15, 0.2) is 11.5 Å². The van der Waals surface area contributed by atoms with Gasteiger partial charge < -0.3 is 9.32 Å². The van der Waals surface area contributed by atoms with Gasteiger partial charge in [-0.25, -0.2) is 9.67 Å². The van der Waals surface area contributed by atoms with E-state index in [0.29, 0.717) is 17.2 Å². The number of nitrogens with zero attached hydrogens (tertiary/aromatic N) is 4. The van der Waals surface area contributed by atoms with Gasteiger partial charge in [-0.15, -0.1) is 0 Å². The standard InChI is InChI=1S/C15H13IN4O3/c1-9-18-12-4-3-11(6-13(12)23-9)19(2)15(22)8-20-14(21)5-10(16)7-17-20/h3-7H,8H2,1-2H3. The molecule has 1 aromatic carbocycles. The first-order valence-electron chi connectivity index (χ1n) is 6.80. The van der Waals surface area contributed by atoms with E-state index in [-0.39, 0.29) is 18.0 Å². The van der Waals surface area contributed by atoms with Crippen LogP contribution in [0, 0.1) is 10.5 Å². The molecule has 0 unspecified atom stereocenters. The van der Waals surface area contributed by atoms with E-state index in [1.54, 1.807) is 38.4 Å². The average molecular weight is 424 g/mol. The van der Waals surface area contributed by atoms with Gasteiger partial charge in [0.1, 0.15) is 12.1 Å². The summed E-state index contributed by atoms with van der Waals surface area (Å²) in [6.07, 6.45) is 1.54. The Hall–Kier alpha value is -2.23.